The molecule has 0 heterocycles. The number of rotatable bonds is 27. The van der Waals surface area contributed by atoms with E-state index in [0.717, 1.165) is 0 Å². The number of hydrogen-bond acceptors (Lipinski definition) is 0. The Bertz CT molecular complexity index is 306. The minimum atomic E-state index is -1.04. The van der Waals surface area contributed by atoms with Gasteiger partial charge in [0.25, 0.3) is 0 Å². The first-order valence-electron chi connectivity index (χ1n) is 15.7. The topological polar surface area (TPSA) is 0 Å². The minimum absolute atomic E-state index is 1.04. The van der Waals surface area contributed by atoms with Gasteiger partial charge in [-0.15, -0.1) is 0 Å². The van der Waals surface area contributed by atoms with E-state index < -0.39 is 7.26 Å². The Morgan fingerprint density at radius 1 is 0.250 bits per heavy atom. The Labute approximate surface area is 207 Å². The average molecular weight is 471 g/mol. The van der Waals surface area contributed by atoms with Gasteiger partial charge in [-0.05, 0) is 0 Å². The molecule has 196 valence electrons. The van der Waals surface area contributed by atoms with Gasteiger partial charge in [0.1, 0.15) is 0 Å². The molecule has 0 aromatic carbocycles. The van der Waals surface area contributed by atoms with Crippen molar-refractivity contribution in [3.8, 4) is 0 Å². The monoisotopic (exact) mass is 470 g/mol. The summed E-state index contributed by atoms with van der Waals surface area (Å²) in [6, 6.07) is 0. The van der Waals surface area contributed by atoms with Crippen LogP contribution in [0.25, 0.3) is 0 Å². The molecule has 0 aliphatic rings. The predicted molar refractivity (Wildman–Crippen MR) is 157 cm³/mol. The van der Waals surface area contributed by atoms with Gasteiger partial charge in [0, 0.05) is 0 Å². The van der Waals surface area contributed by atoms with Crippen molar-refractivity contribution in [2.24, 2.45) is 0 Å². The SMILES string of the molecule is CCCCCCCCCCCCC[PH](CCCCCC)(CCCCCC)CCCCCC. The van der Waals surface area contributed by atoms with Crippen LogP contribution in [0.5, 0.6) is 0 Å². The third-order valence-electron chi connectivity index (χ3n) is 7.99. The summed E-state index contributed by atoms with van der Waals surface area (Å²) in [4.78, 5) is 0. The van der Waals surface area contributed by atoms with Gasteiger partial charge in [0.15, 0.2) is 0 Å². The van der Waals surface area contributed by atoms with E-state index in [1.54, 1.807) is 50.3 Å². The van der Waals surface area contributed by atoms with Crippen molar-refractivity contribution in [1.82, 2.24) is 0 Å². The second-order valence-electron chi connectivity index (χ2n) is 11.2. The second-order valence-corrected chi connectivity index (χ2v) is 16.2. The maximum absolute atomic E-state index is 2.37. The molecule has 0 aliphatic heterocycles. The van der Waals surface area contributed by atoms with Crippen molar-refractivity contribution in [2.45, 2.75) is 175 Å². The molecule has 0 fully saturated rings. The molecule has 0 N–H and O–H groups in total. The predicted octanol–water partition coefficient (Wildman–Crippen LogP) is 11.8. The first kappa shape index (κ1) is 32.4. The quantitative estimate of drug-likeness (QED) is 0.0826. The van der Waals surface area contributed by atoms with Crippen LogP contribution in [0.15, 0.2) is 0 Å². The van der Waals surface area contributed by atoms with Gasteiger partial charge in [-0.1, -0.05) is 6.92 Å². The average Bonchev–Trinajstić information content (AvgIpc) is 2.81. The molecule has 0 rings (SSSR count). The van der Waals surface area contributed by atoms with Crippen LogP contribution in [0.2, 0.25) is 0 Å². The summed E-state index contributed by atoms with van der Waals surface area (Å²) in [6.07, 6.45) is 40.8. The molecule has 0 radical (unpaired) electrons. The van der Waals surface area contributed by atoms with Crippen LogP contribution in [-0.2, 0) is 0 Å². The zero-order valence-corrected chi connectivity index (χ0v) is 24.6. The van der Waals surface area contributed by atoms with Gasteiger partial charge in [-0.2, -0.15) is 0 Å². The zero-order chi connectivity index (χ0) is 23.6. The molecule has 0 atom stereocenters. The zero-order valence-electron chi connectivity index (χ0n) is 23.6. The normalized spacial score (nSPS) is 12.5. The van der Waals surface area contributed by atoms with Crippen LogP contribution in [0.4, 0.5) is 0 Å². The molecule has 0 spiro atoms. The second kappa shape index (κ2) is 26.0. The van der Waals surface area contributed by atoms with E-state index >= 15 is 0 Å². The van der Waals surface area contributed by atoms with E-state index in [9.17, 15) is 0 Å². The third-order valence-corrected chi connectivity index (χ3v) is 13.6. The van der Waals surface area contributed by atoms with E-state index in [1.165, 1.54) is 122 Å². The molecule has 0 unspecified atom stereocenters. The Morgan fingerprint density at radius 2 is 0.438 bits per heavy atom. The van der Waals surface area contributed by atoms with Crippen molar-refractivity contribution in [3.05, 3.63) is 0 Å². The standard InChI is InChI=1S/C31H67P/c1-5-9-13-17-18-19-20-21-22-23-27-31-32(28-24-14-10-6-2,29-25-15-11-7-3)30-26-16-12-8-4/h32H,5-31H2,1-4H3. The first-order chi connectivity index (χ1) is 15.7. The Kier molecular flexibility index (Phi) is 26.4. The fourth-order valence-electron chi connectivity index (χ4n) is 5.69. The van der Waals surface area contributed by atoms with Gasteiger partial charge in [0.2, 0.25) is 0 Å². The number of unbranched alkanes of at least 4 members (excludes halogenated alkanes) is 19. The molecule has 0 amide bonds. The van der Waals surface area contributed by atoms with Gasteiger partial charge in [-0.3, -0.25) is 0 Å². The van der Waals surface area contributed by atoms with E-state index in [-0.39, 0.29) is 0 Å². The van der Waals surface area contributed by atoms with Crippen molar-refractivity contribution < 1.29 is 0 Å². The molecule has 0 aromatic rings. The molecule has 0 nitrogen and oxygen atoms in total. The molecule has 32 heavy (non-hydrogen) atoms. The Hall–Kier alpha value is 0.430. The van der Waals surface area contributed by atoms with Crippen LogP contribution in [0.1, 0.15) is 175 Å². The van der Waals surface area contributed by atoms with E-state index in [1.807, 2.05) is 0 Å². The molecule has 0 bridgehead atoms. The fourth-order valence-corrected chi connectivity index (χ4v) is 11.2. The molecular weight excluding hydrogens is 403 g/mol. The van der Waals surface area contributed by atoms with Crippen molar-refractivity contribution in [2.75, 3.05) is 24.6 Å². The summed E-state index contributed by atoms with van der Waals surface area (Å²) < 4.78 is 0. The Morgan fingerprint density at radius 3 is 0.688 bits per heavy atom. The van der Waals surface area contributed by atoms with E-state index in [0.29, 0.717) is 0 Å². The summed E-state index contributed by atoms with van der Waals surface area (Å²) in [7, 11) is -1.04. The Balaban J connectivity index is 4.39. The van der Waals surface area contributed by atoms with Crippen molar-refractivity contribution in [3.63, 3.8) is 0 Å². The van der Waals surface area contributed by atoms with Gasteiger partial charge >= 0.3 is 200 Å². The molecule has 0 saturated heterocycles. The van der Waals surface area contributed by atoms with Crippen LogP contribution >= 0.6 is 7.26 Å². The fraction of sp³-hybridized carbons (Fsp3) is 1.00. The van der Waals surface area contributed by atoms with E-state index in [2.05, 4.69) is 27.7 Å². The summed E-state index contributed by atoms with van der Waals surface area (Å²) in [5.41, 5.74) is 0. The van der Waals surface area contributed by atoms with Crippen LogP contribution in [-0.4, -0.2) is 24.6 Å². The summed E-state index contributed by atoms with van der Waals surface area (Å²) in [6.45, 7) is 9.42. The van der Waals surface area contributed by atoms with Crippen molar-refractivity contribution >= 4 is 7.26 Å². The van der Waals surface area contributed by atoms with Crippen molar-refractivity contribution in [1.29, 1.82) is 0 Å². The molecular formula is C31H67P. The first-order valence-corrected chi connectivity index (χ1v) is 18.6. The molecule has 0 aromatic heterocycles. The van der Waals surface area contributed by atoms with Crippen LogP contribution in [0, 0.1) is 0 Å². The third kappa shape index (κ3) is 21.0. The summed E-state index contributed by atoms with van der Waals surface area (Å²) >= 11 is 0. The van der Waals surface area contributed by atoms with Gasteiger partial charge < -0.3 is 0 Å². The van der Waals surface area contributed by atoms with Crippen LogP contribution in [0.3, 0.4) is 0 Å². The van der Waals surface area contributed by atoms with E-state index in [4.69, 9.17) is 0 Å². The molecule has 1 heteroatoms. The molecule has 0 saturated carbocycles. The maximum atomic E-state index is 2.37. The summed E-state index contributed by atoms with van der Waals surface area (Å²) in [5, 5.41) is 0. The molecule has 0 aliphatic carbocycles. The van der Waals surface area contributed by atoms with Gasteiger partial charge in [-0.25, -0.2) is 0 Å². The number of hydrogen-bond donors (Lipinski definition) is 0. The van der Waals surface area contributed by atoms with Crippen LogP contribution < -0.4 is 0 Å². The van der Waals surface area contributed by atoms with Gasteiger partial charge in [0.05, 0.1) is 0 Å². The summed E-state index contributed by atoms with van der Waals surface area (Å²) in [5.74, 6) is 0.